The lowest BCUT2D eigenvalue weighted by Gasteiger charge is -2.22. The summed E-state index contributed by atoms with van der Waals surface area (Å²) in [6.07, 6.45) is 1.51. The summed E-state index contributed by atoms with van der Waals surface area (Å²) >= 11 is 9.36. The van der Waals surface area contributed by atoms with Gasteiger partial charge in [-0.25, -0.2) is 0 Å². The number of benzene rings is 1. The first-order valence-corrected chi connectivity index (χ1v) is 9.65. The molecule has 0 aromatic heterocycles. The van der Waals surface area contributed by atoms with Gasteiger partial charge in [-0.2, -0.15) is 0 Å². The number of hydrogen-bond acceptors (Lipinski definition) is 5. The summed E-state index contributed by atoms with van der Waals surface area (Å²) in [5, 5.41) is 3.16. The number of esters is 2. The van der Waals surface area contributed by atoms with Crippen LogP contribution in [0, 0.1) is 30.6 Å². The molecule has 6 nitrogen and oxygen atoms in total. The lowest BCUT2D eigenvalue weighted by molar-refractivity contribution is -0.157. The van der Waals surface area contributed by atoms with Crippen LogP contribution in [0.25, 0.3) is 0 Å². The van der Waals surface area contributed by atoms with Gasteiger partial charge in [0, 0.05) is 16.1 Å². The number of halogens is 2. The summed E-state index contributed by atoms with van der Waals surface area (Å²) in [6.45, 7) is 1.44. The first-order valence-electron chi connectivity index (χ1n) is 8.47. The van der Waals surface area contributed by atoms with E-state index in [-0.39, 0.29) is 23.9 Å². The van der Waals surface area contributed by atoms with Crippen LogP contribution < -0.4 is 5.32 Å². The largest absolute Gasteiger partial charge is 0.462 e. The normalized spacial score (nSPS) is 31.0. The number of anilines is 1. The van der Waals surface area contributed by atoms with Gasteiger partial charge < -0.3 is 14.8 Å². The van der Waals surface area contributed by atoms with Crippen molar-refractivity contribution in [1.29, 1.82) is 0 Å². The zero-order valence-electron chi connectivity index (χ0n) is 14.0. The van der Waals surface area contributed by atoms with Crippen LogP contribution in [-0.4, -0.2) is 30.6 Å². The molecule has 1 aromatic rings. The third-order valence-electron chi connectivity index (χ3n) is 5.64. The van der Waals surface area contributed by atoms with E-state index in [4.69, 9.17) is 21.1 Å². The fraction of sp³-hybridized carbons (Fsp3) is 0.500. The molecule has 2 aliphatic carbocycles. The monoisotopic (exact) mass is 441 g/mol. The van der Waals surface area contributed by atoms with Crippen molar-refractivity contribution in [3.8, 4) is 0 Å². The molecule has 2 bridgehead atoms. The van der Waals surface area contributed by atoms with E-state index >= 15 is 0 Å². The van der Waals surface area contributed by atoms with Crippen molar-refractivity contribution >= 4 is 51.1 Å². The van der Waals surface area contributed by atoms with E-state index in [9.17, 15) is 14.4 Å². The molecule has 1 heterocycles. The van der Waals surface area contributed by atoms with Crippen LogP contribution >= 0.6 is 27.5 Å². The standard InChI is InChI=1S/C18H17BrClNO5/c1-7-2-10(19)11(20)5-12(7)21-14(22)6-25-17(23)15-8-3-9-13(4-8)26-18(24)16(9)15/h2,5,8-9,13,15-16H,3-4,6H2,1H3,(H,21,22)/t8-,9+,13+,15-,16+/m1/s1. The Bertz CT molecular complexity index is 811. The highest BCUT2D eigenvalue weighted by Crippen LogP contribution is 2.57. The fourth-order valence-electron chi connectivity index (χ4n) is 4.53. The molecule has 0 spiro atoms. The predicted molar refractivity (Wildman–Crippen MR) is 96.6 cm³/mol. The van der Waals surface area contributed by atoms with Crippen molar-refractivity contribution in [2.45, 2.75) is 25.9 Å². The minimum absolute atomic E-state index is 0.0324. The zero-order chi connectivity index (χ0) is 18.6. The number of hydrogen-bond donors (Lipinski definition) is 1. The Morgan fingerprint density at radius 2 is 2.15 bits per heavy atom. The summed E-state index contributed by atoms with van der Waals surface area (Å²) in [4.78, 5) is 36.5. The number of carbonyl (C=O) groups excluding carboxylic acids is 3. The molecule has 0 unspecified atom stereocenters. The first-order chi connectivity index (χ1) is 12.3. The summed E-state index contributed by atoms with van der Waals surface area (Å²) < 4.78 is 11.3. The van der Waals surface area contributed by atoms with Crippen LogP contribution in [0.15, 0.2) is 16.6 Å². The highest BCUT2D eigenvalue weighted by atomic mass is 79.9. The Labute approximate surface area is 163 Å². The van der Waals surface area contributed by atoms with Gasteiger partial charge in [-0.3, -0.25) is 14.4 Å². The maximum absolute atomic E-state index is 12.5. The van der Waals surface area contributed by atoms with Gasteiger partial charge in [0.2, 0.25) is 0 Å². The maximum atomic E-state index is 12.5. The van der Waals surface area contributed by atoms with Gasteiger partial charge >= 0.3 is 11.9 Å². The minimum Gasteiger partial charge on any atom is -0.462 e. The molecule has 1 amide bonds. The van der Waals surface area contributed by atoms with Crippen molar-refractivity contribution in [2.24, 2.45) is 23.7 Å². The molecule has 1 saturated heterocycles. The number of nitrogens with one attached hydrogen (secondary N) is 1. The second kappa shape index (κ2) is 6.53. The number of amides is 1. The van der Waals surface area contributed by atoms with Crippen molar-refractivity contribution in [2.75, 3.05) is 11.9 Å². The summed E-state index contributed by atoms with van der Waals surface area (Å²) in [5.41, 5.74) is 1.38. The quantitative estimate of drug-likeness (QED) is 0.725. The van der Waals surface area contributed by atoms with Crippen molar-refractivity contribution in [1.82, 2.24) is 0 Å². The van der Waals surface area contributed by atoms with Crippen molar-refractivity contribution in [3.63, 3.8) is 0 Å². The van der Waals surface area contributed by atoms with Crippen LogP contribution in [0.2, 0.25) is 5.02 Å². The number of carbonyl (C=O) groups is 3. The van der Waals surface area contributed by atoms with E-state index < -0.39 is 30.3 Å². The van der Waals surface area contributed by atoms with Crippen molar-refractivity contribution < 1.29 is 23.9 Å². The lowest BCUT2D eigenvalue weighted by atomic mass is 9.80. The molecule has 0 radical (unpaired) electrons. The maximum Gasteiger partial charge on any atom is 0.310 e. The van der Waals surface area contributed by atoms with Crippen LogP contribution in [0.5, 0.6) is 0 Å². The molecule has 3 aliphatic rings. The van der Waals surface area contributed by atoms with E-state index in [0.717, 1.165) is 22.9 Å². The van der Waals surface area contributed by atoms with E-state index in [1.54, 1.807) is 12.1 Å². The molecule has 26 heavy (non-hydrogen) atoms. The number of rotatable bonds is 4. The van der Waals surface area contributed by atoms with Gasteiger partial charge in [-0.15, -0.1) is 0 Å². The summed E-state index contributed by atoms with van der Waals surface area (Å²) in [7, 11) is 0. The minimum atomic E-state index is -0.486. The zero-order valence-corrected chi connectivity index (χ0v) is 16.3. The van der Waals surface area contributed by atoms with Crippen LogP contribution in [0.1, 0.15) is 18.4 Å². The molecule has 4 rings (SSSR count). The van der Waals surface area contributed by atoms with Gasteiger partial charge in [-0.1, -0.05) is 11.6 Å². The van der Waals surface area contributed by atoms with Crippen molar-refractivity contribution in [3.05, 3.63) is 27.2 Å². The lowest BCUT2D eigenvalue weighted by Crippen LogP contribution is -2.35. The Kier molecular flexibility index (Phi) is 4.47. The Morgan fingerprint density at radius 3 is 2.92 bits per heavy atom. The molecule has 1 N–H and O–H groups in total. The van der Waals surface area contributed by atoms with Gasteiger partial charge in [0.1, 0.15) is 6.10 Å². The molecule has 2 saturated carbocycles. The highest BCUT2D eigenvalue weighted by molar-refractivity contribution is 9.10. The second-order valence-corrected chi connectivity index (χ2v) is 8.42. The van der Waals surface area contributed by atoms with Gasteiger partial charge in [0.25, 0.3) is 5.91 Å². The van der Waals surface area contributed by atoms with E-state index in [1.165, 1.54) is 0 Å². The number of fused-ring (bicyclic) bond motifs is 1. The van der Waals surface area contributed by atoms with E-state index in [0.29, 0.717) is 10.7 Å². The average molecular weight is 443 g/mol. The second-order valence-electron chi connectivity index (χ2n) is 7.16. The number of aryl methyl sites for hydroxylation is 1. The van der Waals surface area contributed by atoms with Gasteiger partial charge in [0.15, 0.2) is 6.61 Å². The Balaban J connectivity index is 1.36. The Hall–Kier alpha value is -1.60. The van der Waals surface area contributed by atoms with Gasteiger partial charge in [-0.05, 0) is 59.3 Å². The Morgan fingerprint density at radius 1 is 1.38 bits per heavy atom. The van der Waals surface area contributed by atoms with Crippen LogP contribution in [0.4, 0.5) is 5.69 Å². The molecule has 1 aliphatic heterocycles. The first kappa shape index (κ1) is 17.8. The third-order valence-corrected chi connectivity index (χ3v) is 6.84. The van der Waals surface area contributed by atoms with E-state index in [2.05, 4.69) is 21.2 Å². The smallest absolute Gasteiger partial charge is 0.310 e. The SMILES string of the molecule is Cc1cc(Br)c(Cl)cc1NC(=O)COC(=O)[C@@H]1[C@@H]2C[C@@H]3[C@@H]1C(=O)O[C@H]3C2. The summed E-state index contributed by atoms with van der Waals surface area (Å²) in [5.74, 6) is -1.87. The topological polar surface area (TPSA) is 81.7 Å². The molecule has 3 fully saturated rings. The number of ether oxygens (including phenoxy) is 2. The van der Waals surface area contributed by atoms with E-state index in [1.807, 2.05) is 6.92 Å². The molecule has 138 valence electrons. The molecule has 5 atom stereocenters. The molecule has 8 heteroatoms. The third kappa shape index (κ3) is 2.91. The average Bonchev–Trinajstić information content (AvgIpc) is 3.19. The molecular weight excluding hydrogens is 426 g/mol. The molecular formula is C18H17BrClNO5. The van der Waals surface area contributed by atoms with Gasteiger partial charge in [0.05, 0.1) is 16.9 Å². The highest BCUT2D eigenvalue weighted by Gasteiger charge is 2.64. The predicted octanol–water partition coefficient (Wildman–Crippen LogP) is 3.09. The summed E-state index contributed by atoms with van der Waals surface area (Å²) in [6, 6.07) is 3.42. The van der Waals surface area contributed by atoms with Crippen LogP contribution in [0.3, 0.4) is 0 Å². The molecule has 1 aromatic carbocycles. The van der Waals surface area contributed by atoms with Crippen LogP contribution in [-0.2, 0) is 23.9 Å². The fourth-order valence-corrected chi connectivity index (χ4v) is 5.15.